The second-order valence-electron chi connectivity index (χ2n) is 12.4. The summed E-state index contributed by atoms with van der Waals surface area (Å²) in [6, 6.07) is 53.7. The molecule has 9 aromatic rings. The molecule has 48 heavy (non-hydrogen) atoms. The van der Waals surface area contributed by atoms with Crippen LogP contribution in [-0.4, -0.2) is 25.8 Å². The van der Waals surface area contributed by atoms with Crippen molar-refractivity contribution < 1.29 is 0 Å². The smallest absolute Gasteiger partial charge is 0.157 e. The molecule has 0 aliphatic carbocycles. The van der Waals surface area contributed by atoms with E-state index >= 15 is 0 Å². The molecule has 0 bridgehead atoms. The van der Waals surface area contributed by atoms with Crippen molar-refractivity contribution in [2.75, 3.05) is 0 Å². The highest BCUT2D eigenvalue weighted by atomic mass is 15.1. The highest BCUT2D eigenvalue weighted by Gasteiger charge is 2.25. The van der Waals surface area contributed by atoms with Gasteiger partial charge in [0.05, 0.1) is 33.6 Å². The third-order valence-corrected chi connectivity index (χ3v) is 9.69. The summed E-state index contributed by atoms with van der Waals surface area (Å²) in [6.45, 7) is 0. The first-order valence-electron chi connectivity index (χ1n) is 16.4. The van der Waals surface area contributed by atoms with Crippen molar-refractivity contribution >= 4 is 66.2 Å². The van der Waals surface area contributed by atoms with Crippen LogP contribution in [0, 0.1) is 0 Å². The second-order valence-corrected chi connectivity index (χ2v) is 12.4. The van der Waals surface area contributed by atoms with Gasteiger partial charge in [-0.15, -0.1) is 0 Å². The summed E-state index contributed by atoms with van der Waals surface area (Å²) < 4.78 is 4.74. The quantitative estimate of drug-likeness (QED) is 0.195. The lowest BCUT2D eigenvalue weighted by Gasteiger charge is -2.23. The van der Waals surface area contributed by atoms with Gasteiger partial charge in [-0.25, -0.2) is 4.99 Å². The zero-order valence-electron chi connectivity index (χ0n) is 26.0. The van der Waals surface area contributed by atoms with Gasteiger partial charge in [-0.3, -0.25) is 14.5 Å². The van der Waals surface area contributed by atoms with Crippen LogP contribution in [-0.2, 0) is 0 Å². The van der Waals surface area contributed by atoms with Crippen LogP contribution in [0.5, 0.6) is 0 Å². The summed E-state index contributed by atoms with van der Waals surface area (Å²) in [7, 11) is 0. The SMILES string of the molecule is c1ccc(C2=NC(c3ccc4cccnc4c3)CC(n3c4ccccc4c4cc(-n5c6ccccc6c6ccccc65)ccc43)=N2)cc1. The van der Waals surface area contributed by atoms with Crippen LogP contribution in [0.25, 0.3) is 60.2 Å². The Bertz CT molecular complexity index is 2710. The van der Waals surface area contributed by atoms with Gasteiger partial charge in [-0.05, 0) is 54.1 Å². The molecule has 0 saturated heterocycles. The first-order chi connectivity index (χ1) is 23.8. The number of aromatic nitrogens is 3. The van der Waals surface area contributed by atoms with E-state index in [0.717, 1.165) is 50.4 Å². The van der Waals surface area contributed by atoms with Crippen molar-refractivity contribution in [2.45, 2.75) is 12.5 Å². The predicted octanol–water partition coefficient (Wildman–Crippen LogP) is 10.3. The van der Waals surface area contributed by atoms with Crippen LogP contribution < -0.4 is 0 Å². The Morgan fingerprint density at radius 1 is 0.521 bits per heavy atom. The number of hydrogen-bond acceptors (Lipinski definition) is 3. The van der Waals surface area contributed by atoms with Gasteiger partial charge < -0.3 is 4.57 Å². The largest absolute Gasteiger partial charge is 0.309 e. The minimum atomic E-state index is -0.104. The first-order valence-corrected chi connectivity index (χ1v) is 16.4. The zero-order chi connectivity index (χ0) is 31.6. The van der Waals surface area contributed by atoms with Gasteiger partial charge in [0.2, 0.25) is 0 Å². The minimum absolute atomic E-state index is 0.104. The van der Waals surface area contributed by atoms with E-state index in [1.54, 1.807) is 0 Å². The number of amidine groups is 1. The monoisotopic (exact) mass is 615 g/mol. The molecule has 0 radical (unpaired) electrons. The number of hydrogen-bond donors (Lipinski definition) is 0. The van der Waals surface area contributed by atoms with E-state index in [-0.39, 0.29) is 6.04 Å². The van der Waals surface area contributed by atoms with E-state index in [2.05, 4.69) is 142 Å². The van der Waals surface area contributed by atoms with Crippen molar-refractivity contribution in [3.63, 3.8) is 0 Å². The van der Waals surface area contributed by atoms with Crippen LogP contribution in [0.15, 0.2) is 168 Å². The average Bonchev–Trinajstić information content (AvgIpc) is 3.67. The van der Waals surface area contributed by atoms with Crippen LogP contribution in [0.2, 0.25) is 0 Å². The number of pyridine rings is 1. The Kier molecular flexibility index (Phi) is 5.93. The van der Waals surface area contributed by atoms with Gasteiger partial charge in [0, 0.05) is 50.8 Å². The topological polar surface area (TPSA) is 47.5 Å². The van der Waals surface area contributed by atoms with Crippen molar-refractivity contribution in [3.8, 4) is 5.69 Å². The highest BCUT2D eigenvalue weighted by molar-refractivity contribution is 6.18. The number of nitrogens with zero attached hydrogens (tertiary/aromatic N) is 5. The fraction of sp³-hybridized carbons (Fsp3) is 0.0465. The zero-order valence-corrected chi connectivity index (χ0v) is 26.0. The molecule has 1 aliphatic rings. The van der Waals surface area contributed by atoms with Crippen LogP contribution in [0.1, 0.15) is 23.6 Å². The van der Waals surface area contributed by atoms with Gasteiger partial charge in [-0.1, -0.05) is 103 Å². The summed E-state index contributed by atoms with van der Waals surface area (Å²) in [5, 5.41) is 6.04. The number of fused-ring (bicyclic) bond motifs is 7. The van der Waals surface area contributed by atoms with Crippen LogP contribution in [0.3, 0.4) is 0 Å². The van der Waals surface area contributed by atoms with E-state index in [1.807, 2.05) is 30.5 Å². The number of benzene rings is 6. The molecule has 0 fully saturated rings. The van der Waals surface area contributed by atoms with Crippen molar-refractivity contribution in [2.24, 2.45) is 9.98 Å². The molecule has 6 aromatic carbocycles. The summed E-state index contributed by atoms with van der Waals surface area (Å²) in [5.74, 6) is 1.72. The standard InChI is InChI=1S/C43H29N5/c1-2-11-29(12-3-1)43-45-37(30-21-20-28-13-10-24-44-36(28)25-30)27-42(46-43)48-40-19-9-6-16-34(40)35-26-31(22-23-41(35)48)47-38-17-7-4-14-32(38)33-15-5-8-18-39(33)47/h1-26,37H,27H2. The fourth-order valence-electron chi connectivity index (χ4n) is 7.49. The Hall–Kier alpha value is -6.33. The molecular formula is C43H29N5. The molecule has 0 spiro atoms. The molecule has 5 heteroatoms. The summed E-state index contributed by atoms with van der Waals surface area (Å²) >= 11 is 0. The molecule has 226 valence electrons. The maximum absolute atomic E-state index is 5.30. The third kappa shape index (κ3) is 4.14. The van der Waals surface area contributed by atoms with E-state index in [4.69, 9.17) is 9.98 Å². The summed E-state index contributed by atoms with van der Waals surface area (Å²) in [5.41, 5.74) is 8.94. The molecular weight excluding hydrogens is 587 g/mol. The van der Waals surface area contributed by atoms with E-state index in [0.29, 0.717) is 6.42 Å². The lowest BCUT2D eigenvalue weighted by Crippen LogP contribution is -2.22. The lowest BCUT2D eigenvalue weighted by atomic mass is 10.00. The summed E-state index contributed by atoms with van der Waals surface area (Å²) in [4.78, 5) is 15.2. The van der Waals surface area contributed by atoms with E-state index < -0.39 is 0 Å². The maximum atomic E-state index is 5.30. The van der Waals surface area contributed by atoms with Crippen LogP contribution in [0.4, 0.5) is 0 Å². The molecule has 1 unspecified atom stereocenters. The van der Waals surface area contributed by atoms with Gasteiger partial charge in [0.1, 0.15) is 5.84 Å². The van der Waals surface area contributed by atoms with Gasteiger partial charge >= 0.3 is 0 Å². The van der Waals surface area contributed by atoms with Crippen molar-refractivity contribution in [1.82, 2.24) is 14.1 Å². The molecule has 10 rings (SSSR count). The fourth-order valence-corrected chi connectivity index (χ4v) is 7.49. The number of rotatable bonds is 3. The molecule has 0 saturated carbocycles. The number of aliphatic imine (C=N–C) groups is 2. The minimum Gasteiger partial charge on any atom is -0.309 e. The highest BCUT2D eigenvalue weighted by Crippen LogP contribution is 2.37. The van der Waals surface area contributed by atoms with Gasteiger partial charge in [0.15, 0.2) is 5.84 Å². The van der Waals surface area contributed by atoms with E-state index in [1.165, 1.54) is 32.6 Å². The normalized spacial score (nSPS) is 15.0. The summed E-state index contributed by atoms with van der Waals surface area (Å²) in [6.07, 6.45) is 2.52. The van der Waals surface area contributed by atoms with Gasteiger partial charge in [0.25, 0.3) is 0 Å². The molecule has 4 heterocycles. The van der Waals surface area contributed by atoms with E-state index in [9.17, 15) is 0 Å². The maximum Gasteiger partial charge on any atom is 0.157 e. The lowest BCUT2D eigenvalue weighted by molar-refractivity contribution is 0.742. The molecule has 1 atom stereocenters. The first kappa shape index (κ1) is 26.8. The van der Waals surface area contributed by atoms with Crippen molar-refractivity contribution in [1.29, 1.82) is 0 Å². The molecule has 0 N–H and O–H groups in total. The molecule has 5 nitrogen and oxygen atoms in total. The molecule has 3 aromatic heterocycles. The Morgan fingerprint density at radius 2 is 1.17 bits per heavy atom. The molecule has 1 aliphatic heterocycles. The van der Waals surface area contributed by atoms with Crippen molar-refractivity contribution in [3.05, 3.63) is 169 Å². The third-order valence-electron chi connectivity index (χ3n) is 9.69. The Labute approximate surface area is 276 Å². The second kappa shape index (κ2) is 10.6. The predicted molar refractivity (Wildman–Crippen MR) is 199 cm³/mol. The van der Waals surface area contributed by atoms with Gasteiger partial charge in [-0.2, -0.15) is 0 Å². The van der Waals surface area contributed by atoms with Crippen LogP contribution >= 0.6 is 0 Å². The Morgan fingerprint density at radius 3 is 1.92 bits per heavy atom. The Balaban J connectivity index is 1.18. The molecule has 0 amide bonds. The average molecular weight is 616 g/mol. The number of para-hydroxylation sites is 3.